The molecule has 7 heteroatoms. The highest BCUT2D eigenvalue weighted by Crippen LogP contribution is 2.22. The van der Waals surface area contributed by atoms with Crippen molar-refractivity contribution in [2.24, 2.45) is 0 Å². The number of amides is 2. The lowest BCUT2D eigenvalue weighted by Gasteiger charge is -2.23. The fourth-order valence-electron chi connectivity index (χ4n) is 2.10. The first-order chi connectivity index (χ1) is 11.1. The molecule has 23 heavy (non-hydrogen) atoms. The van der Waals surface area contributed by atoms with Gasteiger partial charge in [0.05, 0.1) is 12.3 Å². The van der Waals surface area contributed by atoms with Crippen LogP contribution in [-0.4, -0.2) is 43.9 Å². The average molecular weight is 335 g/mol. The molecule has 0 aromatic carbocycles. The zero-order valence-corrected chi connectivity index (χ0v) is 14.1. The molecule has 0 aliphatic carbocycles. The van der Waals surface area contributed by atoms with Crippen LogP contribution in [0.3, 0.4) is 0 Å². The second kappa shape index (κ2) is 8.50. The Morgan fingerprint density at radius 1 is 1.26 bits per heavy atom. The Kier molecular flexibility index (Phi) is 6.37. The maximum Gasteiger partial charge on any atom is 0.286 e. The van der Waals surface area contributed by atoms with Crippen molar-refractivity contribution in [3.63, 3.8) is 0 Å². The molecule has 6 nitrogen and oxygen atoms in total. The Morgan fingerprint density at radius 3 is 2.70 bits per heavy atom. The minimum absolute atomic E-state index is 0.0897. The van der Waals surface area contributed by atoms with Crippen LogP contribution in [0.25, 0.3) is 0 Å². The molecule has 0 saturated heterocycles. The molecule has 0 spiro atoms. The number of thiophene rings is 1. The quantitative estimate of drug-likeness (QED) is 0.772. The molecule has 0 aliphatic rings. The Bertz CT molecular complexity index is 609. The summed E-state index contributed by atoms with van der Waals surface area (Å²) in [6.45, 7) is 0.815. The van der Waals surface area contributed by atoms with Gasteiger partial charge >= 0.3 is 0 Å². The number of hydrogen-bond donors (Lipinski definition) is 2. The van der Waals surface area contributed by atoms with Gasteiger partial charge < -0.3 is 20.0 Å². The van der Waals surface area contributed by atoms with Gasteiger partial charge in [0, 0.05) is 24.4 Å². The van der Waals surface area contributed by atoms with E-state index in [0.717, 1.165) is 0 Å². The molecule has 1 unspecified atom stereocenters. The first-order valence-corrected chi connectivity index (χ1v) is 8.24. The largest absolute Gasteiger partial charge is 0.459 e. The van der Waals surface area contributed by atoms with E-state index >= 15 is 0 Å². The third-order valence-electron chi connectivity index (χ3n) is 3.37. The molecule has 0 aliphatic heterocycles. The van der Waals surface area contributed by atoms with E-state index in [9.17, 15) is 9.59 Å². The topological polar surface area (TPSA) is 74.6 Å². The predicted molar refractivity (Wildman–Crippen MR) is 89.4 cm³/mol. The van der Waals surface area contributed by atoms with Crippen LogP contribution in [0, 0.1) is 0 Å². The zero-order chi connectivity index (χ0) is 16.7. The van der Waals surface area contributed by atoms with Crippen LogP contribution in [0.5, 0.6) is 0 Å². The molecule has 0 radical (unpaired) electrons. The second-order valence-electron chi connectivity index (χ2n) is 5.28. The molecule has 0 fully saturated rings. The monoisotopic (exact) mass is 335 g/mol. The van der Waals surface area contributed by atoms with E-state index in [0.29, 0.717) is 6.54 Å². The molecule has 0 saturated carbocycles. The van der Waals surface area contributed by atoms with E-state index in [2.05, 4.69) is 21.6 Å². The zero-order valence-electron chi connectivity index (χ0n) is 13.2. The molecular weight excluding hydrogens is 314 g/mol. The predicted octanol–water partition coefficient (Wildman–Crippen LogP) is 1.88. The summed E-state index contributed by atoms with van der Waals surface area (Å²) >= 11 is 1.67. The number of rotatable bonds is 8. The molecule has 1 atom stereocenters. The Balaban J connectivity index is 1.71. The normalized spacial score (nSPS) is 12.1. The van der Waals surface area contributed by atoms with Crippen molar-refractivity contribution in [2.45, 2.75) is 12.5 Å². The number of nitrogens with zero attached hydrogens (tertiary/aromatic N) is 1. The lowest BCUT2D eigenvalue weighted by molar-refractivity contribution is -0.121. The number of furan rings is 1. The van der Waals surface area contributed by atoms with Crippen LogP contribution in [-0.2, 0) is 4.79 Å². The van der Waals surface area contributed by atoms with Crippen molar-refractivity contribution in [1.29, 1.82) is 0 Å². The highest BCUT2D eigenvalue weighted by molar-refractivity contribution is 7.10. The summed E-state index contributed by atoms with van der Waals surface area (Å²) in [5.41, 5.74) is 0. The Labute approximate surface area is 139 Å². The molecule has 2 amide bonds. The summed E-state index contributed by atoms with van der Waals surface area (Å²) < 4.78 is 4.98. The number of likely N-dealkylation sites (N-methyl/N-ethyl adjacent to an activating group) is 1. The molecule has 2 aromatic heterocycles. The molecule has 0 bridgehead atoms. The van der Waals surface area contributed by atoms with Crippen LogP contribution in [0.1, 0.15) is 27.9 Å². The molecule has 2 rings (SSSR count). The Morgan fingerprint density at radius 2 is 2.09 bits per heavy atom. The molecule has 124 valence electrons. The number of carbonyl (C=O) groups is 2. The van der Waals surface area contributed by atoms with Crippen molar-refractivity contribution in [2.75, 3.05) is 27.2 Å². The van der Waals surface area contributed by atoms with Crippen molar-refractivity contribution >= 4 is 23.2 Å². The molecule has 2 N–H and O–H groups in total. The van der Waals surface area contributed by atoms with Crippen LogP contribution >= 0.6 is 11.3 Å². The highest BCUT2D eigenvalue weighted by atomic mass is 32.1. The third kappa shape index (κ3) is 5.22. The highest BCUT2D eigenvalue weighted by Gasteiger charge is 2.16. The van der Waals surface area contributed by atoms with Gasteiger partial charge in [-0.05, 0) is 37.7 Å². The van der Waals surface area contributed by atoms with E-state index in [4.69, 9.17) is 4.42 Å². The summed E-state index contributed by atoms with van der Waals surface area (Å²) in [6.07, 6.45) is 1.67. The minimum Gasteiger partial charge on any atom is -0.459 e. The van der Waals surface area contributed by atoms with E-state index in [-0.39, 0.29) is 36.6 Å². The van der Waals surface area contributed by atoms with Gasteiger partial charge in [-0.1, -0.05) is 6.07 Å². The fourth-order valence-corrected chi connectivity index (χ4v) is 3.02. The smallest absolute Gasteiger partial charge is 0.286 e. The summed E-state index contributed by atoms with van der Waals surface area (Å²) in [4.78, 5) is 26.8. The van der Waals surface area contributed by atoms with E-state index in [1.54, 1.807) is 23.5 Å². The Hall–Kier alpha value is -2.12. The van der Waals surface area contributed by atoms with Gasteiger partial charge in [0.15, 0.2) is 5.76 Å². The van der Waals surface area contributed by atoms with Crippen molar-refractivity contribution in [1.82, 2.24) is 15.5 Å². The first kappa shape index (κ1) is 17.2. The van der Waals surface area contributed by atoms with E-state index in [1.165, 1.54) is 11.1 Å². The third-order valence-corrected chi connectivity index (χ3v) is 4.34. The van der Waals surface area contributed by atoms with Gasteiger partial charge in [-0.2, -0.15) is 0 Å². The summed E-state index contributed by atoms with van der Waals surface area (Å²) in [5, 5.41) is 7.59. The van der Waals surface area contributed by atoms with Gasteiger partial charge in [-0.3, -0.25) is 9.59 Å². The maximum absolute atomic E-state index is 11.9. The van der Waals surface area contributed by atoms with E-state index in [1.807, 2.05) is 25.5 Å². The standard InChI is InChI=1S/C16H21N3O3S/c1-19(2)12(14-6-4-10-23-14)11-18-15(20)7-8-17-16(21)13-5-3-9-22-13/h3-6,9-10,12H,7-8,11H2,1-2H3,(H,17,21)(H,18,20). The van der Waals surface area contributed by atoms with Gasteiger partial charge in [-0.15, -0.1) is 11.3 Å². The summed E-state index contributed by atoms with van der Waals surface area (Å²) in [7, 11) is 3.97. The van der Waals surface area contributed by atoms with Crippen LogP contribution in [0.2, 0.25) is 0 Å². The summed E-state index contributed by atoms with van der Waals surface area (Å²) in [5.74, 6) is -0.156. The van der Waals surface area contributed by atoms with Crippen LogP contribution in [0.15, 0.2) is 40.3 Å². The second-order valence-corrected chi connectivity index (χ2v) is 6.26. The summed E-state index contributed by atoms with van der Waals surface area (Å²) in [6, 6.07) is 7.44. The average Bonchev–Trinajstić information content (AvgIpc) is 3.20. The lowest BCUT2D eigenvalue weighted by Crippen LogP contribution is -2.36. The SMILES string of the molecule is CN(C)C(CNC(=O)CCNC(=O)c1ccco1)c1cccs1. The number of carbonyl (C=O) groups excluding carboxylic acids is 2. The minimum atomic E-state index is -0.312. The van der Waals surface area contributed by atoms with Crippen molar-refractivity contribution in [3.05, 3.63) is 46.5 Å². The fraction of sp³-hybridized carbons (Fsp3) is 0.375. The number of hydrogen-bond acceptors (Lipinski definition) is 5. The lowest BCUT2D eigenvalue weighted by atomic mass is 10.2. The molecule has 2 heterocycles. The van der Waals surface area contributed by atoms with Gasteiger partial charge in [-0.25, -0.2) is 0 Å². The first-order valence-electron chi connectivity index (χ1n) is 7.36. The van der Waals surface area contributed by atoms with Gasteiger partial charge in [0.2, 0.25) is 5.91 Å². The van der Waals surface area contributed by atoms with Crippen LogP contribution < -0.4 is 10.6 Å². The van der Waals surface area contributed by atoms with Gasteiger partial charge in [0.1, 0.15) is 0 Å². The van der Waals surface area contributed by atoms with E-state index < -0.39 is 0 Å². The van der Waals surface area contributed by atoms with Crippen molar-refractivity contribution in [3.8, 4) is 0 Å². The molecular formula is C16H21N3O3S. The van der Waals surface area contributed by atoms with Crippen LogP contribution in [0.4, 0.5) is 0 Å². The number of nitrogens with one attached hydrogen (secondary N) is 2. The van der Waals surface area contributed by atoms with Gasteiger partial charge in [0.25, 0.3) is 5.91 Å². The maximum atomic E-state index is 11.9. The molecule has 2 aromatic rings. The van der Waals surface area contributed by atoms with Crippen molar-refractivity contribution < 1.29 is 14.0 Å².